The van der Waals surface area contributed by atoms with E-state index in [-0.39, 0.29) is 18.0 Å². The number of methoxy groups -OCH3 is 2. The van der Waals surface area contributed by atoms with Gasteiger partial charge in [0, 0.05) is 25.4 Å². The monoisotopic (exact) mass is 303 g/mol. The van der Waals surface area contributed by atoms with Gasteiger partial charge in [0.25, 0.3) is 11.5 Å². The molecule has 0 saturated carbocycles. The molecular formula is C15H17N3O4. The van der Waals surface area contributed by atoms with Crippen LogP contribution in [0.5, 0.6) is 11.5 Å². The minimum atomic E-state index is -0.328. The predicted octanol–water partition coefficient (Wildman–Crippen LogP) is 0.690. The van der Waals surface area contributed by atoms with Crippen LogP contribution in [0.25, 0.3) is 0 Å². The molecule has 0 bridgehead atoms. The van der Waals surface area contributed by atoms with E-state index in [1.54, 1.807) is 18.2 Å². The second-order valence-electron chi connectivity index (χ2n) is 4.41. The van der Waals surface area contributed by atoms with Gasteiger partial charge in [0.1, 0.15) is 17.1 Å². The molecule has 1 amide bonds. The maximum absolute atomic E-state index is 12.3. The van der Waals surface area contributed by atoms with Gasteiger partial charge >= 0.3 is 0 Å². The predicted molar refractivity (Wildman–Crippen MR) is 80.4 cm³/mol. The van der Waals surface area contributed by atoms with Crippen molar-refractivity contribution in [1.82, 2.24) is 14.9 Å². The third-order valence-corrected chi connectivity index (χ3v) is 3.09. The molecule has 7 heteroatoms. The summed E-state index contributed by atoms with van der Waals surface area (Å²) in [5.41, 5.74) is 0.158. The quantitative estimate of drug-likeness (QED) is 0.849. The third kappa shape index (κ3) is 3.43. The number of ether oxygens (including phenoxy) is 2. The zero-order valence-corrected chi connectivity index (χ0v) is 12.4. The first-order valence-electron chi connectivity index (χ1n) is 6.67. The van der Waals surface area contributed by atoms with Gasteiger partial charge in [-0.25, -0.2) is 4.98 Å². The molecule has 0 saturated heterocycles. The van der Waals surface area contributed by atoms with Gasteiger partial charge in [-0.3, -0.25) is 14.2 Å². The number of hydrogen-bond acceptors (Lipinski definition) is 5. The van der Waals surface area contributed by atoms with E-state index < -0.39 is 0 Å². The van der Waals surface area contributed by atoms with Crippen LogP contribution in [0.15, 0.2) is 41.6 Å². The molecule has 0 aliphatic carbocycles. The highest BCUT2D eigenvalue weighted by atomic mass is 16.5. The highest BCUT2D eigenvalue weighted by Crippen LogP contribution is 2.27. The number of carbonyl (C=O) groups is 1. The summed E-state index contributed by atoms with van der Waals surface area (Å²) in [6.07, 6.45) is 2.86. The standard InChI is InChI=1S/C15H17N3O4/c1-21-11-4-3-5-12(22-2)14(11)15(20)17-8-9-18-10-16-7-6-13(18)19/h3-7,10H,8-9H2,1-2H3,(H,17,20). The molecule has 0 atom stereocenters. The maximum Gasteiger partial charge on any atom is 0.258 e. The van der Waals surface area contributed by atoms with E-state index in [0.29, 0.717) is 23.6 Å². The van der Waals surface area contributed by atoms with Gasteiger partial charge in [0.15, 0.2) is 0 Å². The summed E-state index contributed by atoms with van der Waals surface area (Å²) in [6, 6.07) is 6.47. The highest BCUT2D eigenvalue weighted by Gasteiger charge is 2.17. The fourth-order valence-electron chi connectivity index (χ4n) is 2.00. The molecule has 1 aromatic carbocycles. The van der Waals surface area contributed by atoms with Crippen LogP contribution in [0.1, 0.15) is 10.4 Å². The summed E-state index contributed by atoms with van der Waals surface area (Å²) in [5, 5.41) is 2.74. The number of hydrogen-bond donors (Lipinski definition) is 1. The van der Waals surface area contributed by atoms with Crippen molar-refractivity contribution in [2.75, 3.05) is 20.8 Å². The molecule has 7 nitrogen and oxygen atoms in total. The molecule has 1 heterocycles. The van der Waals surface area contributed by atoms with Crippen LogP contribution in [-0.2, 0) is 6.54 Å². The van der Waals surface area contributed by atoms with Crippen molar-refractivity contribution in [2.24, 2.45) is 0 Å². The van der Waals surface area contributed by atoms with Gasteiger partial charge in [0.2, 0.25) is 0 Å². The lowest BCUT2D eigenvalue weighted by Gasteiger charge is -2.13. The lowest BCUT2D eigenvalue weighted by atomic mass is 10.1. The van der Waals surface area contributed by atoms with E-state index in [1.807, 2.05) is 0 Å². The Labute approximate surface area is 127 Å². The van der Waals surface area contributed by atoms with Crippen LogP contribution in [0.3, 0.4) is 0 Å². The Kier molecular flexibility index (Phi) is 5.13. The average Bonchev–Trinajstić information content (AvgIpc) is 2.55. The zero-order valence-electron chi connectivity index (χ0n) is 12.4. The largest absolute Gasteiger partial charge is 0.496 e. The van der Waals surface area contributed by atoms with Crippen molar-refractivity contribution < 1.29 is 14.3 Å². The molecule has 1 aromatic heterocycles. The van der Waals surface area contributed by atoms with Crippen molar-refractivity contribution >= 4 is 5.91 Å². The minimum absolute atomic E-state index is 0.167. The number of benzene rings is 1. The molecule has 116 valence electrons. The molecule has 2 rings (SSSR count). The van der Waals surface area contributed by atoms with Crippen molar-refractivity contribution in [3.8, 4) is 11.5 Å². The topological polar surface area (TPSA) is 82.4 Å². The van der Waals surface area contributed by atoms with Crippen molar-refractivity contribution in [3.63, 3.8) is 0 Å². The molecule has 0 aliphatic rings. The molecule has 0 fully saturated rings. The number of amides is 1. The first-order valence-corrected chi connectivity index (χ1v) is 6.67. The van der Waals surface area contributed by atoms with Gasteiger partial charge in [-0.2, -0.15) is 0 Å². The summed E-state index contributed by atoms with van der Waals surface area (Å²) in [6.45, 7) is 0.613. The first kappa shape index (κ1) is 15.6. The summed E-state index contributed by atoms with van der Waals surface area (Å²) in [4.78, 5) is 27.7. The summed E-state index contributed by atoms with van der Waals surface area (Å²) >= 11 is 0. The number of nitrogens with zero attached hydrogens (tertiary/aromatic N) is 2. The van der Waals surface area contributed by atoms with Crippen molar-refractivity contribution in [1.29, 1.82) is 0 Å². The Morgan fingerprint density at radius 3 is 2.50 bits per heavy atom. The highest BCUT2D eigenvalue weighted by molar-refractivity contribution is 5.99. The number of nitrogens with one attached hydrogen (secondary N) is 1. The summed E-state index contributed by atoms with van der Waals surface area (Å²) in [5.74, 6) is 0.525. The van der Waals surface area contributed by atoms with Crippen LogP contribution in [0.2, 0.25) is 0 Å². The molecule has 2 aromatic rings. The van der Waals surface area contributed by atoms with Crippen LogP contribution in [0.4, 0.5) is 0 Å². The SMILES string of the molecule is COc1cccc(OC)c1C(=O)NCCn1cnccc1=O. The number of aromatic nitrogens is 2. The Bertz CT molecular complexity index is 690. The van der Waals surface area contributed by atoms with Gasteiger partial charge < -0.3 is 14.8 Å². The lowest BCUT2D eigenvalue weighted by Crippen LogP contribution is -2.31. The summed E-state index contributed by atoms with van der Waals surface area (Å²) in [7, 11) is 2.97. The van der Waals surface area contributed by atoms with Crippen LogP contribution in [-0.4, -0.2) is 36.2 Å². The number of carbonyl (C=O) groups excluding carboxylic acids is 1. The fraction of sp³-hybridized carbons (Fsp3) is 0.267. The van der Waals surface area contributed by atoms with Crippen molar-refractivity contribution in [3.05, 3.63) is 52.7 Å². The van der Waals surface area contributed by atoms with E-state index in [4.69, 9.17) is 9.47 Å². The Morgan fingerprint density at radius 2 is 1.91 bits per heavy atom. The van der Waals surface area contributed by atoms with Gasteiger partial charge in [0.05, 0.1) is 20.5 Å². The maximum atomic E-state index is 12.3. The van der Waals surface area contributed by atoms with E-state index in [2.05, 4.69) is 10.3 Å². The van der Waals surface area contributed by atoms with E-state index in [1.165, 1.54) is 37.4 Å². The van der Waals surface area contributed by atoms with E-state index >= 15 is 0 Å². The van der Waals surface area contributed by atoms with Crippen molar-refractivity contribution in [2.45, 2.75) is 6.54 Å². The Hall–Kier alpha value is -2.83. The van der Waals surface area contributed by atoms with Crippen LogP contribution in [0, 0.1) is 0 Å². The number of rotatable bonds is 6. The first-order chi connectivity index (χ1) is 10.7. The summed E-state index contributed by atoms with van der Waals surface area (Å²) < 4.78 is 11.8. The average molecular weight is 303 g/mol. The van der Waals surface area contributed by atoms with Gasteiger partial charge in [-0.1, -0.05) is 6.07 Å². The molecule has 0 radical (unpaired) electrons. The van der Waals surface area contributed by atoms with Crippen LogP contribution < -0.4 is 20.3 Å². The molecule has 0 spiro atoms. The van der Waals surface area contributed by atoms with Gasteiger partial charge in [-0.15, -0.1) is 0 Å². The van der Waals surface area contributed by atoms with E-state index in [9.17, 15) is 9.59 Å². The molecule has 22 heavy (non-hydrogen) atoms. The molecule has 0 aliphatic heterocycles. The normalized spacial score (nSPS) is 10.1. The second-order valence-corrected chi connectivity index (χ2v) is 4.41. The smallest absolute Gasteiger partial charge is 0.258 e. The lowest BCUT2D eigenvalue weighted by molar-refractivity contribution is 0.0946. The van der Waals surface area contributed by atoms with E-state index in [0.717, 1.165) is 0 Å². The molecular weight excluding hydrogens is 286 g/mol. The minimum Gasteiger partial charge on any atom is -0.496 e. The molecule has 0 unspecified atom stereocenters. The van der Waals surface area contributed by atoms with Gasteiger partial charge in [-0.05, 0) is 12.1 Å². The molecule has 1 N–H and O–H groups in total. The zero-order chi connectivity index (χ0) is 15.9. The Balaban J connectivity index is 2.07. The second kappa shape index (κ2) is 7.26. The van der Waals surface area contributed by atoms with Crippen LogP contribution >= 0.6 is 0 Å². The fourth-order valence-corrected chi connectivity index (χ4v) is 2.00. The third-order valence-electron chi connectivity index (χ3n) is 3.09. The Morgan fingerprint density at radius 1 is 1.23 bits per heavy atom.